The maximum Gasteiger partial charge on any atom is 0.129 e. The number of rotatable bonds is 5. The Morgan fingerprint density at radius 3 is 2.80 bits per heavy atom. The van der Waals surface area contributed by atoms with Crippen molar-refractivity contribution >= 4 is 5.69 Å². The molecule has 0 spiro atoms. The number of nitrogen functional groups attached to an aromatic ring is 1. The van der Waals surface area contributed by atoms with Crippen LogP contribution in [-0.4, -0.2) is 32.2 Å². The van der Waals surface area contributed by atoms with Gasteiger partial charge in [-0.2, -0.15) is 0 Å². The van der Waals surface area contributed by atoms with Gasteiger partial charge in [0.25, 0.3) is 0 Å². The highest BCUT2D eigenvalue weighted by molar-refractivity contribution is 5.40. The van der Waals surface area contributed by atoms with Gasteiger partial charge in [-0.1, -0.05) is 6.07 Å². The van der Waals surface area contributed by atoms with Gasteiger partial charge in [0, 0.05) is 31.5 Å². The van der Waals surface area contributed by atoms with Crippen molar-refractivity contribution in [3.8, 4) is 0 Å². The lowest BCUT2D eigenvalue weighted by molar-refractivity contribution is 0.158. The summed E-state index contributed by atoms with van der Waals surface area (Å²) in [6, 6.07) is 4.77. The van der Waals surface area contributed by atoms with Crippen LogP contribution in [0.5, 0.6) is 0 Å². The lowest BCUT2D eigenvalue weighted by atomic mass is 10.2. The Morgan fingerprint density at radius 1 is 1.47 bits per heavy atom. The van der Waals surface area contributed by atoms with Crippen LogP contribution in [0.25, 0.3) is 0 Å². The van der Waals surface area contributed by atoms with Crippen LogP contribution in [-0.2, 0) is 11.3 Å². The van der Waals surface area contributed by atoms with Crippen LogP contribution >= 0.6 is 0 Å². The molecular formula is C11H17FN2O. The highest BCUT2D eigenvalue weighted by Crippen LogP contribution is 2.13. The number of nitrogens with zero attached hydrogens (tertiary/aromatic N) is 1. The van der Waals surface area contributed by atoms with E-state index >= 15 is 0 Å². The Bertz CT molecular complexity index is 317. The number of benzene rings is 1. The van der Waals surface area contributed by atoms with E-state index in [4.69, 9.17) is 10.5 Å². The first-order chi connectivity index (χ1) is 7.13. The summed E-state index contributed by atoms with van der Waals surface area (Å²) in [5.74, 6) is -0.251. The Balaban J connectivity index is 2.56. The minimum Gasteiger partial charge on any atom is -0.399 e. The van der Waals surface area contributed by atoms with Crippen molar-refractivity contribution in [3.05, 3.63) is 29.6 Å². The highest BCUT2D eigenvalue weighted by atomic mass is 19.1. The molecule has 1 aromatic rings. The fourth-order valence-corrected chi connectivity index (χ4v) is 1.31. The standard InChI is InChI=1S/C11H17FN2O/c1-14(5-6-15-2)8-9-3-4-10(13)7-11(9)12/h3-4,7H,5-6,8,13H2,1-2H3. The minimum atomic E-state index is -0.251. The second-order valence-electron chi connectivity index (χ2n) is 3.58. The first kappa shape index (κ1) is 11.9. The molecule has 0 aliphatic rings. The number of ether oxygens (including phenoxy) is 1. The zero-order valence-electron chi connectivity index (χ0n) is 9.16. The van der Waals surface area contributed by atoms with Crippen molar-refractivity contribution < 1.29 is 9.13 Å². The van der Waals surface area contributed by atoms with Gasteiger partial charge in [-0.15, -0.1) is 0 Å². The van der Waals surface area contributed by atoms with Crippen LogP contribution in [0, 0.1) is 5.82 Å². The molecule has 3 nitrogen and oxygen atoms in total. The summed E-state index contributed by atoms with van der Waals surface area (Å²) in [7, 11) is 3.58. The average Bonchev–Trinajstić information content (AvgIpc) is 2.19. The third kappa shape index (κ3) is 3.85. The minimum absolute atomic E-state index is 0.251. The Kier molecular flexibility index (Phi) is 4.52. The van der Waals surface area contributed by atoms with Gasteiger partial charge in [0.15, 0.2) is 0 Å². The van der Waals surface area contributed by atoms with Gasteiger partial charge in [0.2, 0.25) is 0 Å². The number of anilines is 1. The summed E-state index contributed by atoms with van der Waals surface area (Å²) >= 11 is 0. The quantitative estimate of drug-likeness (QED) is 0.751. The van der Waals surface area contributed by atoms with E-state index in [9.17, 15) is 4.39 Å². The molecule has 0 aliphatic heterocycles. The fourth-order valence-electron chi connectivity index (χ4n) is 1.31. The maximum absolute atomic E-state index is 13.4. The molecule has 4 heteroatoms. The molecule has 0 bridgehead atoms. The van der Waals surface area contributed by atoms with E-state index in [1.54, 1.807) is 19.2 Å². The zero-order valence-corrected chi connectivity index (χ0v) is 9.16. The number of likely N-dealkylation sites (N-methyl/N-ethyl adjacent to an activating group) is 1. The third-order valence-corrected chi connectivity index (χ3v) is 2.19. The third-order valence-electron chi connectivity index (χ3n) is 2.19. The molecule has 2 N–H and O–H groups in total. The SMILES string of the molecule is COCCN(C)Cc1ccc(N)cc1F. The normalized spacial score (nSPS) is 10.9. The number of methoxy groups -OCH3 is 1. The molecule has 1 aromatic carbocycles. The van der Waals surface area contributed by atoms with Crippen molar-refractivity contribution in [2.45, 2.75) is 6.54 Å². The predicted molar refractivity (Wildman–Crippen MR) is 59.0 cm³/mol. The monoisotopic (exact) mass is 212 g/mol. The predicted octanol–water partition coefficient (Wildman–Crippen LogP) is 1.49. The van der Waals surface area contributed by atoms with Crippen molar-refractivity contribution in [3.63, 3.8) is 0 Å². The molecule has 0 radical (unpaired) electrons. The maximum atomic E-state index is 13.4. The molecule has 0 aliphatic carbocycles. The summed E-state index contributed by atoms with van der Waals surface area (Å²) < 4.78 is 18.3. The molecule has 84 valence electrons. The van der Waals surface area contributed by atoms with Crippen LogP contribution in [0.15, 0.2) is 18.2 Å². The molecule has 0 saturated heterocycles. The molecule has 15 heavy (non-hydrogen) atoms. The molecule has 0 aromatic heterocycles. The van der Waals surface area contributed by atoms with Crippen molar-refractivity contribution in [2.75, 3.05) is 33.0 Å². The summed E-state index contributed by atoms with van der Waals surface area (Å²) in [6.07, 6.45) is 0. The highest BCUT2D eigenvalue weighted by Gasteiger charge is 2.05. The molecule has 0 saturated carbocycles. The lowest BCUT2D eigenvalue weighted by Gasteiger charge is -2.16. The smallest absolute Gasteiger partial charge is 0.129 e. The zero-order chi connectivity index (χ0) is 11.3. The van der Waals surface area contributed by atoms with Crippen molar-refractivity contribution in [1.29, 1.82) is 0 Å². The first-order valence-corrected chi connectivity index (χ1v) is 4.85. The first-order valence-electron chi connectivity index (χ1n) is 4.85. The molecule has 0 atom stereocenters. The topological polar surface area (TPSA) is 38.5 Å². The van der Waals surface area contributed by atoms with Crippen molar-refractivity contribution in [1.82, 2.24) is 4.90 Å². The second kappa shape index (κ2) is 5.68. The van der Waals surface area contributed by atoms with E-state index in [0.29, 0.717) is 24.4 Å². The van der Waals surface area contributed by atoms with Gasteiger partial charge >= 0.3 is 0 Å². The largest absolute Gasteiger partial charge is 0.399 e. The number of hydrogen-bond donors (Lipinski definition) is 1. The van der Waals surface area contributed by atoms with E-state index in [1.807, 2.05) is 11.9 Å². The van der Waals surface area contributed by atoms with E-state index in [1.165, 1.54) is 6.07 Å². The van der Waals surface area contributed by atoms with Crippen LogP contribution in [0.2, 0.25) is 0 Å². The number of nitrogens with two attached hydrogens (primary N) is 1. The number of halogens is 1. The van der Waals surface area contributed by atoms with Gasteiger partial charge in [0.05, 0.1) is 6.61 Å². The van der Waals surface area contributed by atoms with Crippen LogP contribution in [0.1, 0.15) is 5.56 Å². The van der Waals surface area contributed by atoms with E-state index in [-0.39, 0.29) is 5.82 Å². The summed E-state index contributed by atoms with van der Waals surface area (Å²) in [6.45, 7) is 1.99. The Hall–Kier alpha value is -1.13. The Morgan fingerprint density at radius 2 is 2.20 bits per heavy atom. The molecule has 0 amide bonds. The lowest BCUT2D eigenvalue weighted by Crippen LogP contribution is -2.22. The number of hydrogen-bond acceptors (Lipinski definition) is 3. The summed E-state index contributed by atoms with van der Waals surface area (Å²) in [4.78, 5) is 2.00. The summed E-state index contributed by atoms with van der Waals surface area (Å²) in [5.41, 5.74) is 6.57. The van der Waals surface area contributed by atoms with E-state index < -0.39 is 0 Å². The average molecular weight is 212 g/mol. The molecular weight excluding hydrogens is 195 g/mol. The molecule has 0 unspecified atom stereocenters. The molecule has 0 heterocycles. The second-order valence-corrected chi connectivity index (χ2v) is 3.58. The van der Waals surface area contributed by atoms with Gasteiger partial charge in [-0.25, -0.2) is 4.39 Å². The van der Waals surface area contributed by atoms with Crippen LogP contribution in [0.4, 0.5) is 10.1 Å². The van der Waals surface area contributed by atoms with E-state index in [0.717, 1.165) is 6.54 Å². The van der Waals surface area contributed by atoms with E-state index in [2.05, 4.69) is 0 Å². The molecule has 0 fully saturated rings. The fraction of sp³-hybridized carbons (Fsp3) is 0.455. The van der Waals surface area contributed by atoms with Gasteiger partial charge < -0.3 is 10.5 Å². The van der Waals surface area contributed by atoms with Gasteiger partial charge in [-0.05, 0) is 19.2 Å². The molecule has 1 rings (SSSR count). The van der Waals surface area contributed by atoms with Crippen LogP contribution < -0.4 is 5.73 Å². The summed E-state index contributed by atoms with van der Waals surface area (Å²) in [5, 5.41) is 0. The van der Waals surface area contributed by atoms with Crippen molar-refractivity contribution in [2.24, 2.45) is 0 Å². The van der Waals surface area contributed by atoms with Gasteiger partial charge in [0.1, 0.15) is 5.82 Å². The van der Waals surface area contributed by atoms with Gasteiger partial charge in [-0.3, -0.25) is 4.90 Å². The van der Waals surface area contributed by atoms with Crippen LogP contribution in [0.3, 0.4) is 0 Å². The Labute approximate surface area is 89.6 Å².